The Morgan fingerprint density at radius 3 is 2.50 bits per heavy atom. The topological polar surface area (TPSA) is 108 Å². The first-order chi connectivity index (χ1) is 15.5. The molecule has 3 N–H and O–H groups in total. The number of methoxy groups -OCH3 is 1. The molecule has 1 aliphatic heterocycles. The Bertz CT molecular complexity index is 960. The summed E-state index contributed by atoms with van der Waals surface area (Å²) in [4.78, 5) is 40.0. The Morgan fingerprint density at radius 2 is 1.84 bits per heavy atom. The molecule has 1 fully saturated rings. The van der Waals surface area contributed by atoms with E-state index in [0.29, 0.717) is 18.7 Å². The third-order valence-corrected chi connectivity index (χ3v) is 5.70. The quantitative estimate of drug-likeness (QED) is 0.575. The number of nitrogens with one attached hydrogen (secondary N) is 2. The fourth-order valence-electron chi connectivity index (χ4n) is 3.98. The maximum atomic E-state index is 13.1. The molecule has 2 aromatic carbocycles. The molecule has 32 heavy (non-hydrogen) atoms. The lowest BCUT2D eigenvalue weighted by Gasteiger charge is -2.41. The van der Waals surface area contributed by atoms with Crippen molar-refractivity contribution < 1.29 is 24.2 Å². The first-order valence-electron chi connectivity index (χ1n) is 10.8. The van der Waals surface area contributed by atoms with Gasteiger partial charge in [0.25, 0.3) is 5.91 Å². The molecule has 0 radical (unpaired) electrons. The molecule has 1 saturated heterocycles. The number of hydrogen-bond donors (Lipinski definition) is 3. The Kier molecular flexibility index (Phi) is 7.70. The lowest BCUT2D eigenvalue weighted by molar-refractivity contribution is -0.143. The van der Waals surface area contributed by atoms with Crippen LogP contribution in [0, 0.1) is 5.92 Å². The Balaban J connectivity index is 1.80. The lowest BCUT2D eigenvalue weighted by atomic mass is 9.83. The van der Waals surface area contributed by atoms with Crippen molar-refractivity contribution in [3.63, 3.8) is 0 Å². The number of hydrogen-bond acceptors (Lipinski definition) is 5. The van der Waals surface area contributed by atoms with Crippen molar-refractivity contribution in [3.05, 3.63) is 59.7 Å². The highest BCUT2D eigenvalue weighted by molar-refractivity contribution is 5.98. The highest BCUT2D eigenvalue weighted by Crippen LogP contribution is 2.37. The number of benzene rings is 2. The van der Waals surface area contributed by atoms with Crippen LogP contribution >= 0.6 is 0 Å². The fraction of sp³-hybridized carbons (Fsp3) is 0.375. The van der Waals surface area contributed by atoms with Gasteiger partial charge in [-0.05, 0) is 42.7 Å². The van der Waals surface area contributed by atoms with Crippen molar-refractivity contribution in [2.45, 2.75) is 38.6 Å². The highest BCUT2D eigenvalue weighted by atomic mass is 16.5. The van der Waals surface area contributed by atoms with Gasteiger partial charge in [0, 0.05) is 13.0 Å². The number of hydrazine groups is 1. The molecule has 2 aromatic rings. The van der Waals surface area contributed by atoms with Crippen molar-refractivity contribution in [2.24, 2.45) is 5.92 Å². The summed E-state index contributed by atoms with van der Waals surface area (Å²) in [5.41, 5.74) is 5.75. The van der Waals surface area contributed by atoms with E-state index in [0.717, 1.165) is 18.4 Å². The van der Waals surface area contributed by atoms with E-state index in [9.17, 15) is 19.5 Å². The first kappa shape index (κ1) is 23.1. The number of phenolic OH excluding ortho intramolecular Hbond substituents is 1. The fourth-order valence-corrected chi connectivity index (χ4v) is 3.98. The minimum absolute atomic E-state index is 0.0153. The molecule has 0 spiro atoms. The number of nitrogens with zero attached hydrogens (tertiary/aromatic N) is 1. The molecule has 0 bridgehead atoms. The van der Waals surface area contributed by atoms with Gasteiger partial charge in [-0.3, -0.25) is 25.2 Å². The summed E-state index contributed by atoms with van der Waals surface area (Å²) in [6.07, 6.45) is 2.39. The van der Waals surface area contributed by atoms with E-state index in [1.165, 1.54) is 12.1 Å². The number of carbonyl (C=O) groups is 3. The normalized spacial score (nSPS) is 18.2. The number of aromatic hydroxyl groups is 1. The van der Waals surface area contributed by atoms with Crippen molar-refractivity contribution in [1.29, 1.82) is 0 Å². The molecular formula is C24H29N3O5. The SMILES string of the molecule is CCCCN1C(=O)CC[C@@H](C(=O)NNC(=O)c2ccccc2O)[C@H]1c1ccc(OC)cc1. The molecule has 1 heterocycles. The van der Waals surface area contributed by atoms with Gasteiger partial charge < -0.3 is 14.7 Å². The van der Waals surface area contributed by atoms with Crippen molar-refractivity contribution in [1.82, 2.24) is 15.8 Å². The second-order valence-electron chi connectivity index (χ2n) is 7.76. The number of carbonyl (C=O) groups excluding carboxylic acids is 3. The van der Waals surface area contributed by atoms with Gasteiger partial charge in [0.1, 0.15) is 11.5 Å². The van der Waals surface area contributed by atoms with Gasteiger partial charge >= 0.3 is 0 Å². The largest absolute Gasteiger partial charge is 0.507 e. The molecular weight excluding hydrogens is 410 g/mol. The summed E-state index contributed by atoms with van der Waals surface area (Å²) < 4.78 is 5.23. The van der Waals surface area contributed by atoms with Crippen molar-refractivity contribution in [2.75, 3.05) is 13.7 Å². The number of amides is 3. The number of rotatable bonds is 7. The van der Waals surface area contributed by atoms with Gasteiger partial charge in [-0.15, -0.1) is 0 Å². The maximum absolute atomic E-state index is 13.1. The van der Waals surface area contributed by atoms with Gasteiger partial charge in [0.15, 0.2) is 0 Å². The van der Waals surface area contributed by atoms with Crippen LogP contribution in [0.3, 0.4) is 0 Å². The zero-order valence-electron chi connectivity index (χ0n) is 18.3. The second-order valence-corrected chi connectivity index (χ2v) is 7.76. The van der Waals surface area contributed by atoms with E-state index >= 15 is 0 Å². The number of phenols is 1. The van der Waals surface area contributed by atoms with Crippen LogP contribution in [0.4, 0.5) is 0 Å². The molecule has 3 rings (SSSR count). The van der Waals surface area contributed by atoms with Crippen LogP contribution in [-0.2, 0) is 9.59 Å². The predicted octanol–water partition coefficient (Wildman–Crippen LogP) is 2.94. The summed E-state index contributed by atoms with van der Waals surface area (Å²) in [5, 5.41) is 9.85. The maximum Gasteiger partial charge on any atom is 0.273 e. The van der Waals surface area contributed by atoms with Gasteiger partial charge in [0.05, 0.1) is 24.6 Å². The molecule has 0 aromatic heterocycles. The summed E-state index contributed by atoms with van der Waals surface area (Å²) in [5.74, 6) is -1.02. The average molecular weight is 440 g/mol. The Hall–Kier alpha value is -3.55. The van der Waals surface area contributed by atoms with Crippen LogP contribution < -0.4 is 15.6 Å². The molecule has 8 heteroatoms. The number of para-hydroxylation sites is 1. The lowest BCUT2D eigenvalue weighted by Crippen LogP contribution is -2.51. The smallest absolute Gasteiger partial charge is 0.273 e. The van der Waals surface area contributed by atoms with Gasteiger partial charge in [-0.25, -0.2) is 0 Å². The van der Waals surface area contributed by atoms with E-state index < -0.39 is 17.9 Å². The molecule has 0 aliphatic carbocycles. The van der Waals surface area contributed by atoms with Crippen LogP contribution in [0.1, 0.15) is 54.6 Å². The summed E-state index contributed by atoms with van der Waals surface area (Å²) in [6, 6.07) is 13.0. The molecule has 0 unspecified atom stereocenters. The van der Waals surface area contributed by atoms with Crippen LogP contribution in [0.25, 0.3) is 0 Å². The van der Waals surface area contributed by atoms with Crippen LogP contribution in [0.5, 0.6) is 11.5 Å². The summed E-state index contributed by atoms with van der Waals surface area (Å²) >= 11 is 0. The zero-order chi connectivity index (χ0) is 23.1. The molecule has 0 saturated carbocycles. The molecule has 2 atom stereocenters. The van der Waals surface area contributed by atoms with E-state index in [1.807, 2.05) is 12.1 Å². The number of ether oxygens (including phenoxy) is 1. The van der Waals surface area contributed by atoms with Crippen LogP contribution in [0.15, 0.2) is 48.5 Å². The molecule has 8 nitrogen and oxygen atoms in total. The van der Waals surface area contributed by atoms with E-state index in [1.54, 1.807) is 36.3 Å². The minimum Gasteiger partial charge on any atom is -0.507 e. The van der Waals surface area contributed by atoms with E-state index in [2.05, 4.69) is 17.8 Å². The first-order valence-corrected chi connectivity index (χ1v) is 10.8. The van der Waals surface area contributed by atoms with Crippen molar-refractivity contribution >= 4 is 17.7 Å². The third kappa shape index (κ3) is 5.19. The molecule has 170 valence electrons. The highest BCUT2D eigenvalue weighted by Gasteiger charge is 2.40. The zero-order valence-corrected chi connectivity index (χ0v) is 18.3. The monoisotopic (exact) mass is 439 g/mol. The summed E-state index contributed by atoms with van der Waals surface area (Å²) in [6.45, 7) is 2.61. The average Bonchev–Trinajstić information content (AvgIpc) is 2.81. The van der Waals surface area contributed by atoms with E-state index in [4.69, 9.17) is 4.74 Å². The third-order valence-electron chi connectivity index (χ3n) is 5.70. The molecule has 1 aliphatic rings. The Labute approximate surface area is 187 Å². The number of unbranched alkanes of at least 4 members (excludes halogenated alkanes) is 1. The van der Waals surface area contributed by atoms with Gasteiger partial charge in [-0.2, -0.15) is 0 Å². The summed E-state index contributed by atoms with van der Waals surface area (Å²) in [7, 11) is 1.58. The van der Waals surface area contributed by atoms with Gasteiger partial charge in [0.2, 0.25) is 11.8 Å². The van der Waals surface area contributed by atoms with Crippen LogP contribution in [0.2, 0.25) is 0 Å². The van der Waals surface area contributed by atoms with E-state index in [-0.39, 0.29) is 29.5 Å². The Morgan fingerprint density at radius 1 is 1.12 bits per heavy atom. The standard InChI is InChI=1S/C24H29N3O5/c1-3-4-15-27-21(29)14-13-19(22(27)16-9-11-17(32-2)12-10-16)24(31)26-25-23(30)18-7-5-6-8-20(18)28/h5-12,19,22,28H,3-4,13-15H2,1-2H3,(H,25,30)(H,26,31)/t19-,22-/m1/s1. The minimum atomic E-state index is -0.618. The number of piperidine rings is 1. The second kappa shape index (κ2) is 10.7. The molecule has 3 amide bonds. The van der Waals surface area contributed by atoms with Crippen molar-refractivity contribution in [3.8, 4) is 11.5 Å². The predicted molar refractivity (Wildman–Crippen MR) is 119 cm³/mol. The van der Waals surface area contributed by atoms with Gasteiger partial charge in [-0.1, -0.05) is 37.6 Å². The number of likely N-dealkylation sites (tertiary alicyclic amines) is 1. The van der Waals surface area contributed by atoms with Crippen LogP contribution in [-0.4, -0.2) is 41.4 Å².